The van der Waals surface area contributed by atoms with Gasteiger partial charge in [-0.05, 0) is 13.3 Å². The van der Waals surface area contributed by atoms with Crippen molar-refractivity contribution in [3.05, 3.63) is 0 Å². The van der Waals surface area contributed by atoms with E-state index >= 15 is 0 Å². The van der Waals surface area contributed by atoms with Crippen LogP contribution in [-0.2, 0) is 4.79 Å². The van der Waals surface area contributed by atoms with Gasteiger partial charge in [-0.2, -0.15) is 0 Å². The summed E-state index contributed by atoms with van der Waals surface area (Å²) in [7, 11) is 6.02. The Hall–Kier alpha value is -0.410. The standard InChI is InChI=1S/C9H20N2O/c1-8(9(2)12)6-7-11(5)10(3)4/h8H,6-7H2,1-5H3. The second-order valence-electron chi connectivity index (χ2n) is 3.53. The summed E-state index contributed by atoms with van der Waals surface area (Å²) >= 11 is 0. The average Bonchev–Trinajstić information content (AvgIpc) is 1.98. The van der Waals surface area contributed by atoms with Gasteiger partial charge in [-0.3, -0.25) is 4.79 Å². The van der Waals surface area contributed by atoms with Crippen LogP contribution in [0.15, 0.2) is 0 Å². The van der Waals surface area contributed by atoms with E-state index in [0.717, 1.165) is 13.0 Å². The number of ketones is 1. The van der Waals surface area contributed by atoms with Crippen LogP contribution in [0, 0.1) is 5.92 Å². The smallest absolute Gasteiger partial charge is 0.132 e. The van der Waals surface area contributed by atoms with Crippen molar-refractivity contribution in [3.63, 3.8) is 0 Å². The number of hydrazine groups is 1. The second-order valence-corrected chi connectivity index (χ2v) is 3.53. The number of Topliss-reactive ketones (excluding diaryl/α,β-unsaturated/α-hetero) is 1. The molecule has 0 bridgehead atoms. The van der Waals surface area contributed by atoms with E-state index in [4.69, 9.17) is 0 Å². The lowest BCUT2D eigenvalue weighted by molar-refractivity contribution is -0.120. The van der Waals surface area contributed by atoms with Gasteiger partial charge >= 0.3 is 0 Å². The topological polar surface area (TPSA) is 23.6 Å². The van der Waals surface area contributed by atoms with Crippen molar-refractivity contribution in [3.8, 4) is 0 Å². The van der Waals surface area contributed by atoms with Gasteiger partial charge in [0.1, 0.15) is 5.78 Å². The van der Waals surface area contributed by atoms with Crippen molar-refractivity contribution >= 4 is 5.78 Å². The van der Waals surface area contributed by atoms with E-state index in [1.165, 1.54) is 0 Å². The van der Waals surface area contributed by atoms with Gasteiger partial charge in [0, 0.05) is 33.6 Å². The van der Waals surface area contributed by atoms with E-state index in [2.05, 4.69) is 5.01 Å². The average molecular weight is 172 g/mol. The highest BCUT2D eigenvalue weighted by Crippen LogP contribution is 2.03. The van der Waals surface area contributed by atoms with Crippen LogP contribution in [0.2, 0.25) is 0 Å². The van der Waals surface area contributed by atoms with Crippen molar-refractivity contribution in [1.29, 1.82) is 0 Å². The number of hydrogen-bond donors (Lipinski definition) is 0. The molecule has 12 heavy (non-hydrogen) atoms. The molecule has 72 valence electrons. The Labute approximate surface area is 75.3 Å². The van der Waals surface area contributed by atoms with E-state index < -0.39 is 0 Å². The molecule has 3 nitrogen and oxygen atoms in total. The third-order valence-electron chi connectivity index (χ3n) is 2.26. The molecule has 0 heterocycles. The SMILES string of the molecule is CC(=O)C(C)CCN(C)N(C)C. The highest BCUT2D eigenvalue weighted by atomic mass is 16.1. The molecular formula is C9H20N2O. The summed E-state index contributed by atoms with van der Waals surface area (Å²) < 4.78 is 0. The number of carbonyl (C=O) groups excluding carboxylic acids is 1. The molecule has 3 heteroatoms. The first-order chi connectivity index (χ1) is 5.45. The predicted molar refractivity (Wildman–Crippen MR) is 50.8 cm³/mol. The molecule has 0 saturated carbocycles. The fourth-order valence-electron chi connectivity index (χ4n) is 0.784. The Balaban J connectivity index is 3.61. The van der Waals surface area contributed by atoms with Crippen molar-refractivity contribution < 1.29 is 4.79 Å². The molecule has 0 spiro atoms. The molecule has 0 aromatic carbocycles. The maximum Gasteiger partial charge on any atom is 0.132 e. The lowest BCUT2D eigenvalue weighted by Crippen LogP contribution is -2.34. The minimum atomic E-state index is 0.187. The minimum absolute atomic E-state index is 0.187. The van der Waals surface area contributed by atoms with Gasteiger partial charge in [0.15, 0.2) is 0 Å². The molecule has 1 atom stereocenters. The molecular weight excluding hydrogens is 152 g/mol. The summed E-state index contributed by atoms with van der Waals surface area (Å²) in [6, 6.07) is 0. The summed E-state index contributed by atoms with van der Waals surface area (Å²) in [5.41, 5.74) is 0. The largest absolute Gasteiger partial charge is 0.300 e. The maximum atomic E-state index is 10.9. The molecule has 0 aromatic heterocycles. The van der Waals surface area contributed by atoms with E-state index in [0.29, 0.717) is 0 Å². The van der Waals surface area contributed by atoms with Crippen molar-refractivity contribution in [2.75, 3.05) is 27.7 Å². The van der Waals surface area contributed by atoms with Crippen LogP contribution >= 0.6 is 0 Å². The zero-order chi connectivity index (χ0) is 9.72. The Morgan fingerprint density at radius 2 is 1.83 bits per heavy atom. The monoisotopic (exact) mass is 172 g/mol. The molecule has 0 fully saturated rings. The number of hydrogen-bond acceptors (Lipinski definition) is 3. The fourth-order valence-corrected chi connectivity index (χ4v) is 0.784. The van der Waals surface area contributed by atoms with E-state index in [1.54, 1.807) is 6.92 Å². The zero-order valence-electron chi connectivity index (χ0n) is 8.79. The summed E-state index contributed by atoms with van der Waals surface area (Å²) in [5, 5.41) is 4.12. The molecule has 0 N–H and O–H groups in total. The molecule has 0 amide bonds. The van der Waals surface area contributed by atoms with Crippen molar-refractivity contribution in [2.45, 2.75) is 20.3 Å². The summed E-state index contributed by atoms with van der Waals surface area (Å²) in [5.74, 6) is 0.467. The first-order valence-corrected chi connectivity index (χ1v) is 4.34. The minimum Gasteiger partial charge on any atom is -0.300 e. The number of nitrogens with zero attached hydrogens (tertiary/aromatic N) is 2. The summed E-state index contributed by atoms with van der Waals surface area (Å²) in [6.07, 6.45) is 0.935. The highest BCUT2D eigenvalue weighted by molar-refractivity contribution is 5.77. The molecule has 0 aliphatic rings. The fraction of sp³-hybridized carbons (Fsp3) is 0.889. The van der Waals surface area contributed by atoms with Gasteiger partial charge < -0.3 is 0 Å². The first-order valence-electron chi connectivity index (χ1n) is 4.34. The Bertz CT molecular complexity index is 145. The third kappa shape index (κ3) is 4.46. The van der Waals surface area contributed by atoms with Crippen LogP contribution in [0.4, 0.5) is 0 Å². The maximum absolute atomic E-state index is 10.9. The predicted octanol–water partition coefficient (Wildman–Crippen LogP) is 1.01. The van der Waals surface area contributed by atoms with Gasteiger partial charge in [0.25, 0.3) is 0 Å². The molecule has 0 aromatic rings. The molecule has 0 rings (SSSR count). The molecule has 0 aliphatic heterocycles. The molecule has 0 radical (unpaired) electrons. The normalized spacial score (nSPS) is 13.9. The van der Waals surface area contributed by atoms with Crippen LogP contribution in [0.5, 0.6) is 0 Å². The quantitative estimate of drug-likeness (QED) is 0.578. The van der Waals surface area contributed by atoms with E-state index in [9.17, 15) is 4.79 Å². The third-order valence-corrected chi connectivity index (χ3v) is 2.26. The lowest BCUT2D eigenvalue weighted by Gasteiger charge is -2.24. The van der Waals surface area contributed by atoms with Crippen LogP contribution in [0.3, 0.4) is 0 Å². The van der Waals surface area contributed by atoms with Crippen molar-refractivity contribution in [1.82, 2.24) is 10.0 Å². The summed E-state index contributed by atoms with van der Waals surface area (Å²) in [4.78, 5) is 10.9. The van der Waals surface area contributed by atoms with Crippen LogP contribution in [0.25, 0.3) is 0 Å². The number of rotatable bonds is 5. The summed E-state index contributed by atoms with van der Waals surface area (Å²) in [6.45, 7) is 4.57. The molecule has 0 saturated heterocycles. The van der Waals surface area contributed by atoms with Gasteiger partial charge in [0.05, 0.1) is 0 Å². The van der Waals surface area contributed by atoms with Crippen molar-refractivity contribution in [2.24, 2.45) is 5.92 Å². The van der Waals surface area contributed by atoms with Gasteiger partial charge in [-0.15, -0.1) is 0 Å². The second kappa shape index (κ2) is 5.27. The molecule has 1 unspecified atom stereocenters. The van der Waals surface area contributed by atoms with Gasteiger partial charge in [0.2, 0.25) is 0 Å². The Morgan fingerprint density at radius 3 is 2.17 bits per heavy atom. The highest BCUT2D eigenvalue weighted by Gasteiger charge is 2.09. The Kier molecular flexibility index (Phi) is 5.09. The van der Waals surface area contributed by atoms with Gasteiger partial charge in [-0.25, -0.2) is 10.0 Å². The number of carbonyl (C=O) groups is 1. The van der Waals surface area contributed by atoms with Crippen LogP contribution in [0.1, 0.15) is 20.3 Å². The van der Waals surface area contributed by atoms with Gasteiger partial charge in [-0.1, -0.05) is 6.92 Å². The molecule has 0 aliphatic carbocycles. The lowest BCUT2D eigenvalue weighted by atomic mass is 10.0. The van der Waals surface area contributed by atoms with E-state index in [1.807, 2.05) is 33.1 Å². The Morgan fingerprint density at radius 1 is 1.33 bits per heavy atom. The van der Waals surface area contributed by atoms with E-state index in [-0.39, 0.29) is 11.7 Å². The van der Waals surface area contributed by atoms with Crippen LogP contribution < -0.4 is 0 Å². The zero-order valence-corrected chi connectivity index (χ0v) is 8.79. The van der Waals surface area contributed by atoms with Crippen LogP contribution in [-0.4, -0.2) is 43.5 Å². The first kappa shape index (κ1) is 11.6.